The lowest BCUT2D eigenvalue weighted by molar-refractivity contribution is 0.110. The molecule has 212 valence electrons. The largest absolute Gasteiger partial charge is 0.392 e. The Bertz CT molecular complexity index is 1090. The zero-order valence-electron chi connectivity index (χ0n) is 23.6. The maximum Gasteiger partial charge on any atom is 0.333 e. The molecular formula is C29H43FNO6P. The van der Waals surface area contributed by atoms with Gasteiger partial charge in [-0.2, -0.15) is 0 Å². The Labute approximate surface area is 226 Å². The first-order valence-electron chi connectivity index (χ1n) is 13.2. The average molecular weight is 552 g/mol. The first-order chi connectivity index (χ1) is 18.0. The third-order valence-electron chi connectivity index (χ3n) is 6.00. The van der Waals surface area contributed by atoms with E-state index in [0.717, 1.165) is 33.6 Å². The summed E-state index contributed by atoms with van der Waals surface area (Å²) in [5.74, 6) is -0.141. The van der Waals surface area contributed by atoms with Gasteiger partial charge >= 0.3 is 7.60 Å². The van der Waals surface area contributed by atoms with E-state index in [9.17, 15) is 19.2 Å². The van der Waals surface area contributed by atoms with E-state index in [1.807, 2.05) is 13.8 Å². The molecule has 0 unspecified atom stereocenters. The average Bonchev–Trinajstić information content (AvgIpc) is 2.83. The van der Waals surface area contributed by atoms with Crippen LogP contribution in [-0.2, 0) is 25.0 Å². The lowest BCUT2D eigenvalue weighted by Gasteiger charge is -2.24. The van der Waals surface area contributed by atoms with Crippen molar-refractivity contribution in [2.45, 2.75) is 78.6 Å². The van der Waals surface area contributed by atoms with Gasteiger partial charge in [0, 0.05) is 30.4 Å². The van der Waals surface area contributed by atoms with Crippen LogP contribution in [0.5, 0.6) is 0 Å². The molecule has 2 aromatic rings. The normalized spacial score (nSPS) is 14.1. The Kier molecular flexibility index (Phi) is 12.8. The predicted octanol–water partition coefficient (Wildman–Crippen LogP) is 6.67. The summed E-state index contributed by atoms with van der Waals surface area (Å²) in [5, 5.41) is 21.3. The van der Waals surface area contributed by atoms with Crippen LogP contribution >= 0.6 is 7.60 Å². The number of pyridine rings is 1. The Morgan fingerprint density at radius 1 is 1.00 bits per heavy atom. The Balaban J connectivity index is 2.54. The molecule has 2 atom stereocenters. The summed E-state index contributed by atoms with van der Waals surface area (Å²) in [6.07, 6.45) is 1.01. The SMILES string of the molecule is CCOP(=O)(C[C@H](O)C[C@H](O)C=Cc1c(C(C)C)nc(C(C)C)c(COC)c1-c1ccc(F)cc1)OCC. The standard InChI is InChI=1S/C29H43FNO6P/c1-8-36-38(34,37-9-2)18-24(33)16-23(32)14-15-25-27(21-10-12-22(30)13-11-21)26(17-35-7)29(20(5)6)31-28(25)19(3)4/h10-15,19-20,23-24,32-33H,8-9,16-18H2,1-7H3/t23-,24-/m1/s1. The summed E-state index contributed by atoms with van der Waals surface area (Å²) in [6.45, 7) is 12.4. The number of rotatable bonds is 15. The van der Waals surface area contributed by atoms with Gasteiger partial charge in [-0.1, -0.05) is 52.0 Å². The quantitative estimate of drug-likeness (QED) is 0.239. The molecule has 38 heavy (non-hydrogen) atoms. The number of aliphatic hydroxyl groups is 2. The van der Waals surface area contributed by atoms with E-state index in [2.05, 4.69) is 13.8 Å². The summed E-state index contributed by atoms with van der Waals surface area (Å²) in [6, 6.07) is 6.30. The molecule has 1 heterocycles. The van der Waals surface area contributed by atoms with Gasteiger partial charge < -0.3 is 24.0 Å². The van der Waals surface area contributed by atoms with Gasteiger partial charge in [-0.15, -0.1) is 0 Å². The third-order valence-corrected chi connectivity index (χ3v) is 8.17. The topological polar surface area (TPSA) is 98.1 Å². The Morgan fingerprint density at radius 3 is 2.08 bits per heavy atom. The van der Waals surface area contributed by atoms with Crippen LogP contribution < -0.4 is 0 Å². The second-order valence-corrected chi connectivity index (χ2v) is 11.9. The smallest absolute Gasteiger partial charge is 0.333 e. The minimum Gasteiger partial charge on any atom is -0.392 e. The highest BCUT2D eigenvalue weighted by atomic mass is 31.2. The van der Waals surface area contributed by atoms with Crippen LogP contribution in [0.15, 0.2) is 30.3 Å². The van der Waals surface area contributed by atoms with Crippen molar-refractivity contribution in [3.8, 4) is 11.1 Å². The maximum atomic E-state index is 13.8. The van der Waals surface area contributed by atoms with Crippen molar-refractivity contribution in [2.24, 2.45) is 0 Å². The van der Waals surface area contributed by atoms with Crippen LogP contribution in [0.1, 0.15) is 82.3 Å². The van der Waals surface area contributed by atoms with E-state index in [-0.39, 0.29) is 43.4 Å². The van der Waals surface area contributed by atoms with Gasteiger partial charge in [0.15, 0.2) is 0 Å². The van der Waals surface area contributed by atoms with Gasteiger partial charge in [0.2, 0.25) is 0 Å². The summed E-state index contributed by atoms with van der Waals surface area (Å²) in [4.78, 5) is 5.02. The van der Waals surface area contributed by atoms with Crippen LogP contribution in [0.25, 0.3) is 17.2 Å². The number of aromatic nitrogens is 1. The molecular weight excluding hydrogens is 508 g/mol. The van der Waals surface area contributed by atoms with Crippen molar-refractivity contribution in [2.75, 3.05) is 26.5 Å². The molecule has 0 radical (unpaired) electrons. The molecule has 1 aromatic carbocycles. The number of hydrogen-bond donors (Lipinski definition) is 2. The molecule has 0 spiro atoms. The van der Waals surface area contributed by atoms with Gasteiger partial charge in [0.05, 0.1) is 43.9 Å². The summed E-state index contributed by atoms with van der Waals surface area (Å²) in [7, 11) is -1.83. The number of methoxy groups -OCH3 is 1. The Morgan fingerprint density at radius 2 is 1.58 bits per heavy atom. The van der Waals surface area contributed by atoms with Crippen LogP contribution in [0.3, 0.4) is 0 Å². The minimum absolute atomic E-state index is 0.0496. The molecule has 1 aromatic heterocycles. The molecule has 0 amide bonds. The monoisotopic (exact) mass is 551 g/mol. The van der Waals surface area contributed by atoms with Crippen molar-refractivity contribution < 1.29 is 33.0 Å². The molecule has 0 aliphatic heterocycles. The zero-order valence-corrected chi connectivity index (χ0v) is 24.5. The van der Waals surface area contributed by atoms with Crippen LogP contribution in [0, 0.1) is 5.82 Å². The van der Waals surface area contributed by atoms with Crippen molar-refractivity contribution in [1.29, 1.82) is 0 Å². The fourth-order valence-corrected chi connectivity index (χ4v) is 6.17. The molecule has 0 fully saturated rings. The summed E-state index contributed by atoms with van der Waals surface area (Å²) < 4.78 is 42.6. The fourth-order valence-electron chi connectivity index (χ4n) is 4.43. The third kappa shape index (κ3) is 8.80. The van der Waals surface area contributed by atoms with Gasteiger partial charge in [-0.25, -0.2) is 4.39 Å². The van der Waals surface area contributed by atoms with Crippen molar-refractivity contribution in [3.05, 3.63) is 58.7 Å². The van der Waals surface area contributed by atoms with E-state index in [0.29, 0.717) is 6.61 Å². The number of aliphatic hydroxyl groups excluding tert-OH is 2. The predicted molar refractivity (Wildman–Crippen MR) is 150 cm³/mol. The van der Waals surface area contributed by atoms with E-state index >= 15 is 0 Å². The highest BCUT2D eigenvalue weighted by molar-refractivity contribution is 7.53. The van der Waals surface area contributed by atoms with Gasteiger partial charge in [0.1, 0.15) is 5.82 Å². The molecule has 7 nitrogen and oxygen atoms in total. The van der Waals surface area contributed by atoms with E-state index in [1.165, 1.54) is 12.1 Å². The highest BCUT2D eigenvalue weighted by Crippen LogP contribution is 2.48. The lowest BCUT2D eigenvalue weighted by Crippen LogP contribution is -2.21. The number of ether oxygens (including phenoxy) is 1. The molecule has 2 rings (SSSR count). The highest BCUT2D eigenvalue weighted by Gasteiger charge is 2.29. The van der Waals surface area contributed by atoms with Crippen LogP contribution in [0.4, 0.5) is 4.39 Å². The molecule has 9 heteroatoms. The van der Waals surface area contributed by atoms with Crippen molar-refractivity contribution in [3.63, 3.8) is 0 Å². The van der Waals surface area contributed by atoms with Gasteiger partial charge in [0.25, 0.3) is 0 Å². The number of nitrogens with zero attached hydrogens (tertiary/aromatic N) is 1. The molecule has 0 saturated heterocycles. The first kappa shape index (κ1) is 32.3. The number of benzene rings is 1. The number of hydrogen-bond acceptors (Lipinski definition) is 7. The summed E-state index contributed by atoms with van der Waals surface area (Å²) in [5.41, 5.74) is 5.14. The van der Waals surface area contributed by atoms with E-state index < -0.39 is 19.8 Å². The Hall–Kier alpha value is -1.93. The second kappa shape index (κ2) is 15.0. The molecule has 2 N–H and O–H groups in total. The molecule has 0 bridgehead atoms. The molecule has 0 saturated carbocycles. The first-order valence-corrected chi connectivity index (χ1v) is 14.9. The molecule has 0 aliphatic carbocycles. The van der Waals surface area contributed by atoms with Crippen molar-refractivity contribution in [1.82, 2.24) is 4.98 Å². The van der Waals surface area contributed by atoms with Gasteiger partial charge in [-0.3, -0.25) is 9.55 Å². The minimum atomic E-state index is -3.45. The van der Waals surface area contributed by atoms with Gasteiger partial charge in [-0.05, 0) is 48.9 Å². The van der Waals surface area contributed by atoms with Crippen LogP contribution in [-0.4, -0.2) is 53.9 Å². The summed E-state index contributed by atoms with van der Waals surface area (Å²) >= 11 is 0. The zero-order chi connectivity index (χ0) is 28.5. The fraction of sp³-hybridized carbons (Fsp3) is 0.552. The van der Waals surface area contributed by atoms with Crippen molar-refractivity contribution >= 4 is 13.7 Å². The molecule has 0 aliphatic rings. The second-order valence-electron chi connectivity index (χ2n) is 9.84. The maximum absolute atomic E-state index is 13.8. The van der Waals surface area contributed by atoms with Crippen LogP contribution in [0.2, 0.25) is 0 Å². The van der Waals surface area contributed by atoms with E-state index in [4.69, 9.17) is 18.8 Å². The lowest BCUT2D eigenvalue weighted by atomic mass is 9.87. The number of halogens is 1. The van der Waals surface area contributed by atoms with E-state index in [1.54, 1.807) is 45.2 Å².